The molecule has 0 bridgehead atoms. The molecular formula is C14H15N3O2. The van der Waals surface area contributed by atoms with Crippen molar-refractivity contribution < 1.29 is 4.42 Å². The van der Waals surface area contributed by atoms with Crippen LogP contribution in [0.2, 0.25) is 0 Å². The molecule has 0 aliphatic heterocycles. The fraction of sp³-hybridized carbons (Fsp3) is 0.429. The van der Waals surface area contributed by atoms with Crippen LogP contribution >= 0.6 is 0 Å². The highest BCUT2D eigenvalue weighted by molar-refractivity contribution is 5.74. The van der Waals surface area contributed by atoms with Crippen LogP contribution in [0.4, 0.5) is 0 Å². The summed E-state index contributed by atoms with van der Waals surface area (Å²) in [5.41, 5.74) is 2.06. The first-order chi connectivity index (χ1) is 9.11. The number of nitrogens with one attached hydrogen (secondary N) is 1. The van der Waals surface area contributed by atoms with Crippen LogP contribution in [-0.4, -0.2) is 11.6 Å². The lowest BCUT2D eigenvalue weighted by atomic mass is 9.91. The van der Waals surface area contributed by atoms with Gasteiger partial charge in [-0.25, -0.2) is 4.79 Å². The van der Waals surface area contributed by atoms with Crippen molar-refractivity contribution >= 4 is 11.1 Å². The number of hydrogen-bond donors (Lipinski definition) is 1. The molecule has 1 aromatic carbocycles. The quantitative estimate of drug-likeness (QED) is 0.908. The van der Waals surface area contributed by atoms with E-state index in [0.29, 0.717) is 5.58 Å². The summed E-state index contributed by atoms with van der Waals surface area (Å²) < 4.78 is 6.60. The van der Waals surface area contributed by atoms with Gasteiger partial charge in [-0.3, -0.25) is 4.57 Å². The van der Waals surface area contributed by atoms with Gasteiger partial charge in [-0.05, 0) is 37.6 Å². The van der Waals surface area contributed by atoms with Crippen molar-refractivity contribution in [3.63, 3.8) is 0 Å². The first kappa shape index (κ1) is 12.0. The average Bonchev–Trinajstić information content (AvgIpc) is 3.15. The lowest BCUT2D eigenvalue weighted by Gasteiger charge is -2.21. The SMILES string of the molecule is CNC(c1ccc2oc(=O)n(C)c2c1)C1(C#N)CC1. The van der Waals surface area contributed by atoms with Gasteiger partial charge in [0.05, 0.1) is 23.0 Å². The highest BCUT2D eigenvalue weighted by atomic mass is 16.4. The predicted molar refractivity (Wildman–Crippen MR) is 70.5 cm³/mol. The number of nitrogens with zero attached hydrogens (tertiary/aromatic N) is 2. The number of aromatic nitrogens is 1. The van der Waals surface area contributed by atoms with Crippen LogP contribution in [0.15, 0.2) is 27.4 Å². The number of benzene rings is 1. The molecule has 1 unspecified atom stereocenters. The Morgan fingerprint density at radius 1 is 1.53 bits per heavy atom. The van der Waals surface area contributed by atoms with Crippen molar-refractivity contribution in [1.29, 1.82) is 5.26 Å². The minimum Gasteiger partial charge on any atom is -0.408 e. The van der Waals surface area contributed by atoms with E-state index in [9.17, 15) is 10.1 Å². The maximum absolute atomic E-state index is 11.5. The summed E-state index contributed by atoms with van der Waals surface area (Å²) in [6, 6.07) is 8.05. The molecule has 3 rings (SSSR count). The Hall–Kier alpha value is -2.06. The maximum Gasteiger partial charge on any atom is 0.419 e. The van der Waals surface area contributed by atoms with Crippen molar-refractivity contribution in [3.05, 3.63) is 34.3 Å². The van der Waals surface area contributed by atoms with Gasteiger partial charge in [0.2, 0.25) is 0 Å². The summed E-state index contributed by atoms with van der Waals surface area (Å²) in [4.78, 5) is 11.5. The molecule has 1 aromatic heterocycles. The zero-order chi connectivity index (χ0) is 13.6. The Bertz CT molecular complexity index is 731. The summed E-state index contributed by atoms with van der Waals surface area (Å²) in [5.74, 6) is -0.366. The van der Waals surface area contributed by atoms with Gasteiger partial charge in [-0.15, -0.1) is 0 Å². The van der Waals surface area contributed by atoms with E-state index in [1.54, 1.807) is 13.1 Å². The average molecular weight is 257 g/mol. The molecule has 0 radical (unpaired) electrons. The van der Waals surface area contributed by atoms with E-state index in [4.69, 9.17) is 4.42 Å². The number of nitriles is 1. The normalized spacial score (nSPS) is 18.2. The number of fused-ring (bicyclic) bond motifs is 1. The van der Waals surface area contributed by atoms with Crippen LogP contribution < -0.4 is 11.1 Å². The van der Waals surface area contributed by atoms with Crippen LogP contribution in [-0.2, 0) is 7.05 Å². The first-order valence-corrected chi connectivity index (χ1v) is 6.29. The lowest BCUT2D eigenvalue weighted by Crippen LogP contribution is -2.25. The molecule has 1 aliphatic carbocycles. The Morgan fingerprint density at radius 3 is 2.84 bits per heavy atom. The summed E-state index contributed by atoms with van der Waals surface area (Å²) in [7, 11) is 3.55. The van der Waals surface area contributed by atoms with E-state index < -0.39 is 0 Å². The predicted octanol–water partition coefficient (Wildman–Crippen LogP) is 1.70. The lowest BCUT2D eigenvalue weighted by molar-refractivity contribution is 0.444. The third kappa shape index (κ3) is 1.68. The van der Waals surface area contributed by atoms with Crippen molar-refractivity contribution in [2.45, 2.75) is 18.9 Å². The van der Waals surface area contributed by atoms with Crippen LogP contribution in [0.3, 0.4) is 0 Å². The zero-order valence-electron chi connectivity index (χ0n) is 10.9. The third-order valence-corrected chi connectivity index (χ3v) is 4.00. The fourth-order valence-electron chi connectivity index (χ4n) is 2.68. The van der Waals surface area contributed by atoms with Crippen LogP contribution in [0.5, 0.6) is 0 Å². The van der Waals surface area contributed by atoms with E-state index in [2.05, 4.69) is 11.4 Å². The topological polar surface area (TPSA) is 71.0 Å². The van der Waals surface area contributed by atoms with Crippen molar-refractivity contribution in [3.8, 4) is 6.07 Å². The largest absolute Gasteiger partial charge is 0.419 e. The van der Waals surface area contributed by atoms with Crippen LogP contribution in [0, 0.1) is 16.7 Å². The molecule has 5 nitrogen and oxygen atoms in total. The van der Waals surface area contributed by atoms with Crippen LogP contribution in [0.25, 0.3) is 11.1 Å². The third-order valence-electron chi connectivity index (χ3n) is 4.00. The number of aryl methyl sites for hydroxylation is 1. The standard InChI is InChI=1S/C14H15N3O2/c1-16-12(14(8-15)5-6-14)9-3-4-11-10(7-9)17(2)13(18)19-11/h3-4,7,12,16H,5-6H2,1-2H3. The Balaban J connectivity index is 2.12. The Labute approximate surface area is 110 Å². The van der Waals surface area contributed by atoms with Gasteiger partial charge in [0.1, 0.15) is 0 Å². The second-order valence-corrected chi connectivity index (χ2v) is 5.14. The summed E-state index contributed by atoms with van der Waals surface area (Å²) in [6.07, 6.45) is 1.83. The second-order valence-electron chi connectivity index (χ2n) is 5.14. The molecule has 2 aromatic rings. The monoisotopic (exact) mass is 257 g/mol. The van der Waals surface area contributed by atoms with Gasteiger partial charge >= 0.3 is 5.76 Å². The zero-order valence-corrected chi connectivity index (χ0v) is 10.9. The minimum atomic E-state index is -0.366. The molecule has 0 spiro atoms. The molecular weight excluding hydrogens is 242 g/mol. The molecule has 1 aliphatic rings. The molecule has 0 amide bonds. The molecule has 5 heteroatoms. The van der Waals surface area contributed by atoms with E-state index in [0.717, 1.165) is 23.9 Å². The van der Waals surface area contributed by atoms with Crippen molar-refractivity contribution in [1.82, 2.24) is 9.88 Å². The van der Waals surface area contributed by atoms with Gasteiger partial charge in [0.25, 0.3) is 0 Å². The molecule has 1 fully saturated rings. The minimum absolute atomic E-state index is 0.00750. The van der Waals surface area contributed by atoms with Crippen LogP contribution in [0.1, 0.15) is 24.4 Å². The molecule has 1 atom stereocenters. The number of rotatable bonds is 3. The van der Waals surface area contributed by atoms with Crippen molar-refractivity contribution in [2.24, 2.45) is 12.5 Å². The van der Waals surface area contributed by atoms with Gasteiger partial charge in [-0.1, -0.05) is 6.07 Å². The molecule has 98 valence electrons. The highest BCUT2D eigenvalue weighted by Crippen LogP contribution is 2.54. The summed E-state index contributed by atoms with van der Waals surface area (Å²) in [5, 5.41) is 12.6. The number of hydrogen-bond acceptors (Lipinski definition) is 4. The summed E-state index contributed by atoms with van der Waals surface area (Å²) in [6.45, 7) is 0. The van der Waals surface area contributed by atoms with E-state index >= 15 is 0 Å². The van der Waals surface area contributed by atoms with Crippen molar-refractivity contribution in [2.75, 3.05) is 7.05 Å². The van der Waals surface area contributed by atoms with E-state index in [1.165, 1.54) is 4.57 Å². The fourth-order valence-corrected chi connectivity index (χ4v) is 2.68. The molecule has 0 saturated heterocycles. The van der Waals surface area contributed by atoms with Gasteiger partial charge < -0.3 is 9.73 Å². The molecule has 1 saturated carbocycles. The van der Waals surface area contributed by atoms with Gasteiger partial charge in [0.15, 0.2) is 5.58 Å². The van der Waals surface area contributed by atoms with E-state index in [-0.39, 0.29) is 17.2 Å². The Kier molecular flexibility index (Phi) is 2.51. The molecule has 1 heterocycles. The molecule has 1 N–H and O–H groups in total. The first-order valence-electron chi connectivity index (χ1n) is 6.29. The van der Waals surface area contributed by atoms with Gasteiger partial charge in [0, 0.05) is 7.05 Å². The second kappa shape index (κ2) is 3.97. The van der Waals surface area contributed by atoms with E-state index in [1.807, 2.05) is 19.2 Å². The van der Waals surface area contributed by atoms with Gasteiger partial charge in [-0.2, -0.15) is 5.26 Å². The maximum atomic E-state index is 11.5. The number of oxazole rings is 1. The molecule has 19 heavy (non-hydrogen) atoms. The highest BCUT2D eigenvalue weighted by Gasteiger charge is 2.50. The smallest absolute Gasteiger partial charge is 0.408 e. The Morgan fingerprint density at radius 2 is 2.26 bits per heavy atom. The summed E-state index contributed by atoms with van der Waals surface area (Å²) >= 11 is 0.